The topological polar surface area (TPSA) is 59.2 Å². The number of nitrogens with two attached hydrogens (primary N) is 1. The molecule has 1 amide bonds. The molecule has 4 heteroatoms. The number of carbonyl (C=O) groups is 1. The summed E-state index contributed by atoms with van der Waals surface area (Å²) >= 11 is 0. The normalized spacial score (nSPS) is 18.6. The molecule has 21 heavy (non-hydrogen) atoms. The number of pyridine rings is 1. The Morgan fingerprint density at radius 2 is 2.00 bits per heavy atom. The highest BCUT2D eigenvalue weighted by Gasteiger charge is 2.30. The molecule has 0 bridgehead atoms. The molecule has 2 heterocycles. The van der Waals surface area contributed by atoms with Gasteiger partial charge in [0.2, 0.25) is 0 Å². The second-order valence-corrected chi connectivity index (χ2v) is 7.91. The van der Waals surface area contributed by atoms with Crippen molar-refractivity contribution < 1.29 is 4.79 Å². The maximum atomic E-state index is 12.8. The van der Waals surface area contributed by atoms with Crippen LogP contribution in [0.5, 0.6) is 0 Å². The number of nitrogen functional groups attached to an aromatic ring is 1. The van der Waals surface area contributed by atoms with Crippen LogP contribution in [-0.4, -0.2) is 28.9 Å². The number of aromatic nitrogens is 1. The lowest BCUT2D eigenvalue weighted by molar-refractivity contribution is 0.0583. The zero-order valence-electron chi connectivity index (χ0n) is 13.9. The molecular weight excluding hydrogens is 262 g/mol. The van der Waals surface area contributed by atoms with Gasteiger partial charge in [-0.15, -0.1) is 0 Å². The van der Waals surface area contributed by atoms with E-state index >= 15 is 0 Å². The van der Waals surface area contributed by atoms with Crippen LogP contribution in [0.4, 0.5) is 5.82 Å². The predicted molar refractivity (Wildman–Crippen MR) is 86.3 cm³/mol. The maximum Gasteiger partial charge on any atom is 0.254 e. The molecule has 116 valence electrons. The lowest BCUT2D eigenvalue weighted by atomic mass is 9.84. The van der Waals surface area contributed by atoms with Crippen molar-refractivity contribution >= 4 is 11.7 Å². The number of piperidine rings is 1. The highest BCUT2D eigenvalue weighted by atomic mass is 16.2. The van der Waals surface area contributed by atoms with Crippen LogP contribution in [-0.2, 0) is 5.41 Å². The molecule has 1 aliphatic rings. The summed E-state index contributed by atoms with van der Waals surface area (Å²) in [6, 6.07) is 3.58. The van der Waals surface area contributed by atoms with Crippen molar-refractivity contribution in [3.63, 3.8) is 0 Å². The first-order valence-electron chi connectivity index (χ1n) is 7.66. The van der Waals surface area contributed by atoms with Gasteiger partial charge < -0.3 is 10.6 Å². The lowest BCUT2D eigenvalue weighted by Gasteiger charge is -2.38. The van der Waals surface area contributed by atoms with Gasteiger partial charge in [0.1, 0.15) is 5.82 Å². The molecule has 0 saturated carbocycles. The molecule has 4 nitrogen and oxygen atoms in total. The van der Waals surface area contributed by atoms with Crippen molar-refractivity contribution in [2.45, 2.75) is 52.9 Å². The average Bonchev–Trinajstić information content (AvgIpc) is 2.35. The smallest absolute Gasteiger partial charge is 0.254 e. The fourth-order valence-corrected chi connectivity index (χ4v) is 2.84. The SMILES string of the molecule is CC1(C)CCCN(C(=O)c2cc(N)nc(C(C)(C)C)c2)C1. The molecule has 1 aromatic rings. The molecule has 2 N–H and O–H groups in total. The highest BCUT2D eigenvalue weighted by Crippen LogP contribution is 2.30. The summed E-state index contributed by atoms with van der Waals surface area (Å²) in [6.07, 6.45) is 2.23. The maximum absolute atomic E-state index is 12.8. The second kappa shape index (κ2) is 5.32. The number of anilines is 1. The summed E-state index contributed by atoms with van der Waals surface area (Å²) < 4.78 is 0. The molecular formula is C17H27N3O. The second-order valence-electron chi connectivity index (χ2n) is 7.91. The van der Waals surface area contributed by atoms with Crippen molar-refractivity contribution in [3.05, 3.63) is 23.4 Å². The van der Waals surface area contributed by atoms with Crippen LogP contribution in [0.15, 0.2) is 12.1 Å². The van der Waals surface area contributed by atoms with Gasteiger partial charge in [-0.2, -0.15) is 0 Å². The van der Waals surface area contributed by atoms with Crippen LogP contribution in [0.3, 0.4) is 0 Å². The Morgan fingerprint density at radius 3 is 2.57 bits per heavy atom. The molecule has 1 saturated heterocycles. The van der Waals surface area contributed by atoms with E-state index in [1.807, 2.05) is 11.0 Å². The fraction of sp³-hybridized carbons (Fsp3) is 0.647. The number of hydrogen-bond acceptors (Lipinski definition) is 3. The van der Waals surface area contributed by atoms with E-state index in [1.165, 1.54) is 6.42 Å². The number of carbonyl (C=O) groups excluding carboxylic acids is 1. The third-order valence-electron chi connectivity index (χ3n) is 4.05. The Morgan fingerprint density at radius 1 is 1.33 bits per heavy atom. The van der Waals surface area contributed by atoms with Crippen LogP contribution >= 0.6 is 0 Å². The van der Waals surface area contributed by atoms with Crippen LogP contribution in [0.25, 0.3) is 0 Å². The molecule has 0 unspecified atom stereocenters. The summed E-state index contributed by atoms with van der Waals surface area (Å²) in [6.45, 7) is 12.3. The Kier molecular flexibility index (Phi) is 4.00. The number of hydrogen-bond donors (Lipinski definition) is 1. The standard InChI is InChI=1S/C17H27N3O/c1-16(2,3)13-9-12(10-14(18)19-13)15(21)20-8-6-7-17(4,5)11-20/h9-10H,6-8,11H2,1-5H3,(H2,18,19). The molecule has 1 aliphatic heterocycles. The zero-order chi connectivity index (χ0) is 15.8. The Hall–Kier alpha value is -1.58. The van der Waals surface area contributed by atoms with Gasteiger partial charge in [-0.05, 0) is 30.4 Å². The van der Waals surface area contributed by atoms with Crippen molar-refractivity contribution in [2.75, 3.05) is 18.8 Å². The minimum Gasteiger partial charge on any atom is -0.384 e. The summed E-state index contributed by atoms with van der Waals surface area (Å²) in [5, 5.41) is 0. The molecule has 1 aromatic heterocycles. The third-order valence-corrected chi connectivity index (χ3v) is 4.05. The Labute approximate surface area is 127 Å². The number of likely N-dealkylation sites (tertiary alicyclic amines) is 1. The first-order valence-corrected chi connectivity index (χ1v) is 7.66. The summed E-state index contributed by atoms with van der Waals surface area (Å²) in [5.41, 5.74) is 7.49. The van der Waals surface area contributed by atoms with Gasteiger partial charge in [0, 0.05) is 29.8 Å². The van der Waals surface area contributed by atoms with E-state index < -0.39 is 0 Å². The van der Waals surface area contributed by atoms with Crippen molar-refractivity contribution in [1.82, 2.24) is 9.88 Å². The summed E-state index contributed by atoms with van der Waals surface area (Å²) in [7, 11) is 0. The molecule has 0 radical (unpaired) electrons. The number of nitrogens with zero attached hydrogens (tertiary/aromatic N) is 2. The van der Waals surface area contributed by atoms with Gasteiger partial charge in [-0.3, -0.25) is 4.79 Å². The minimum atomic E-state index is -0.119. The third kappa shape index (κ3) is 3.74. The predicted octanol–water partition coefficient (Wildman–Crippen LogP) is 3.22. The van der Waals surface area contributed by atoms with Crippen LogP contribution in [0, 0.1) is 5.41 Å². The molecule has 2 rings (SSSR count). The van der Waals surface area contributed by atoms with Gasteiger partial charge in [-0.25, -0.2) is 4.98 Å². The molecule has 0 atom stereocenters. The van der Waals surface area contributed by atoms with Gasteiger partial charge in [-0.1, -0.05) is 34.6 Å². The lowest BCUT2D eigenvalue weighted by Crippen LogP contribution is -2.43. The monoisotopic (exact) mass is 289 g/mol. The molecule has 0 spiro atoms. The quantitative estimate of drug-likeness (QED) is 0.863. The van der Waals surface area contributed by atoms with E-state index in [4.69, 9.17) is 5.73 Å². The van der Waals surface area contributed by atoms with Crippen molar-refractivity contribution in [1.29, 1.82) is 0 Å². The average molecular weight is 289 g/mol. The van der Waals surface area contributed by atoms with E-state index in [-0.39, 0.29) is 16.7 Å². The number of rotatable bonds is 1. The van der Waals surface area contributed by atoms with Crippen LogP contribution in [0.1, 0.15) is 63.5 Å². The molecule has 0 aliphatic carbocycles. The van der Waals surface area contributed by atoms with Gasteiger partial charge in [0.15, 0.2) is 0 Å². The van der Waals surface area contributed by atoms with E-state index in [2.05, 4.69) is 39.6 Å². The van der Waals surface area contributed by atoms with E-state index in [9.17, 15) is 4.79 Å². The number of amides is 1. The highest BCUT2D eigenvalue weighted by molar-refractivity contribution is 5.95. The van der Waals surface area contributed by atoms with Crippen molar-refractivity contribution in [2.24, 2.45) is 5.41 Å². The largest absolute Gasteiger partial charge is 0.384 e. The van der Waals surface area contributed by atoms with E-state index in [0.29, 0.717) is 11.4 Å². The van der Waals surface area contributed by atoms with Crippen LogP contribution in [0.2, 0.25) is 0 Å². The fourth-order valence-electron chi connectivity index (χ4n) is 2.84. The first kappa shape index (κ1) is 15.8. The van der Waals surface area contributed by atoms with Gasteiger partial charge in [0.05, 0.1) is 0 Å². The first-order chi connectivity index (χ1) is 9.58. The zero-order valence-corrected chi connectivity index (χ0v) is 13.9. The van der Waals surface area contributed by atoms with Crippen LogP contribution < -0.4 is 5.73 Å². The van der Waals surface area contributed by atoms with Crippen molar-refractivity contribution in [3.8, 4) is 0 Å². The summed E-state index contributed by atoms with van der Waals surface area (Å²) in [5.74, 6) is 0.490. The molecule has 1 fully saturated rings. The Bertz CT molecular complexity index is 543. The van der Waals surface area contributed by atoms with E-state index in [1.54, 1.807) is 6.07 Å². The molecule has 0 aromatic carbocycles. The summed E-state index contributed by atoms with van der Waals surface area (Å²) in [4.78, 5) is 19.1. The minimum absolute atomic E-state index is 0.0716. The Balaban J connectivity index is 2.29. The van der Waals surface area contributed by atoms with Gasteiger partial charge in [0.25, 0.3) is 5.91 Å². The van der Waals surface area contributed by atoms with Gasteiger partial charge >= 0.3 is 0 Å². The van der Waals surface area contributed by atoms with E-state index in [0.717, 1.165) is 25.2 Å².